The van der Waals surface area contributed by atoms with Crippen LogP contribution in [0.2, 0.25) is 0 Å². The summed E-state index contributed by atoms with van der Waals surface area (Å²) in [6.45, 7) is 6.87. The number of carbonyl (C=O) groups is 1. The van der Waals surface area contributed by atoms with E-state index in [2.05, 4.69) is 44.3 Å². The molecule has 150 valence electrons. The number of carbonyl (C=O) groups excluding carboxylic acids is 1. The molecule has 2 aromatic carbocycles. The maximum absolute atomic E-state index is 12.4. The fourth-order valence-electron chi connectivity index (χ4n) is 4.51. The van der Waals surface area contributed by atoms with Crippen molar-refractivity contribution >= 4 is 22.6 Å². The van der Waals surface area contributed by atoms with Gasteiger partial charge in [-0.25, -0.2) is 0 Å². The Hall–Kier alpha value is -2.86. The predicted octanol–water partition coefficient (Wildman–Crippen LogP) is 3.12. The molecule has 1 amide bonds. The van der Waals surface area contributed by atoms with Crippen molar-refractivity contribution in [2.24, 2.45) is 0 Å². The maximum atomic E-state index is 12.4. The molecule has 1 aromatic heterocycles. The average Bonchev–Trinajstić information content (AvgIpc) is 3.33. The predicted molar refractivity (Wildman–Crippen MR) is 115 cm³/mol. The highest BCUT2D eigenvalue weighted by atomic mass is 16.2. The Labute approximate surface area is 171 Å². The van der Waals surface area contributed by atoms with E-state index in [0.29, 0.717) is 0 Å². The zero-order valence-corrected chi connectivity index (χ0v) is 16.7. The van der Waals surface area contributed by atoms with Crippen LogP contribution >= 0.6 is 0 Å². The van der Waals surface area contributed by atoms with E-state index in [9.17, 15) is 4.79 Å². The number of anilines is 1. The van der Waals surface area contributed by atoms with Crippen LogP contribution in [0.25, 0.3) is 10.9 Å². The summed E-state index contributed by atoms with van der Waals surface area (Å²) in [6, 6.07) is 16.3. The van der Waals surface area contributed by atoms with Crippen LogP contribution in [-0.2, 0) is 6.54 Å². The second kappa shape index (κ2) is 7.87. The first-order valence-electron chi connectivity index (χ1n) is 10.6. The van der Waals surface area contributed by atoms with E-state index in [1.165, 1.54) is 10.9 Å². The summed E-state index contributed by atoms with van der Waals surface area (Å²) in [5.41, 5.74) is 3.15. The van der Waals surface area contributed by atoms with Crippen LogP contribution in [0.15, 0.2) is 48.5 Å². The minimum atomic E-state index is 0.195. The summed E-state index contributed by atoms with van der Waals surface area (Å²) < 4.78 is 0. The van der Waals surface area contributed by atoms with Crippen LogP contribution in [0, 0.1) is 0 Å². The number of piperazine rings is 1. The molecule has 5 rings (SSSR count). The molecule has 0 aliphatic carbocycles. The standard InChI is InChI=1S/C23H27N5O/c29-23-19-8-2-1-7-18(19)17-28(23)12-6-5-11-26-13-15-27(16-14-26)22-20-9-3-4-10-21(20)24-25-22/h1-4,7-10H,5-6,11-17H2,(H,24,25). The van der Waals surface area contributed by atoms with Crippen LogP contribution < -0.4 is 4.90 Å². The Bertz CT molecular complexity index is 1010. The van der Waals surface area contributed by atoms with E-state index < -0.39 is 0 Å². The lowest BCUT2D eigenvalue weighted by atomic mass is 10.1. The number of aromatic nitrogens is 2. The van der Waals surface area contributed by atoms with Gasteiger partial charge in [0.1, 0.15) is 0 Å². The Morgan fingerprint density at radius 3 is 2.52 bits per heavy atom. The van der Waals surface area contributed by atoms with Gasteiger partial charge in [-0.3, -0.25) is 14.8 Å². The van der Waals surface area contributed by atoms with Gasteiger partial charge in [0.2, 0.25) is 0 Å². The van der Waals surface area contributed by atoms with Crippen LogP contribution in [0.4, 0.5) is 5.82 Å². The monoisotopic (exact) mass is 389 g/mol. The number of H-pyrrole nitrogens is 1. The van der Waals surface area contributed by atoms with Crippen molar-refractivity contribution in [3.05, 3.63) is 59.7 Å². The largest absolute Gasteiger partial charge is 0.352 e. The van der Waals surface area contributed by atoms with Gasteiger partial charge in [-0.1, -0.05) is 30.3 Å². The van der Waals surface area contributed by atoms with Gasteiger partial charge in [0.15, 0.2) is 5.82 Å². The van der Waals surface area contributed by atoms with Gasteiger partial charge < -0.3 is 9.80 Å². The van der Waals surface area contributed by atoms with Gasteiger partial charge in [0, 0.05) is 50.2 Å². The minimum absolute atomic E-state index is 0.195. The summed E-state index contributed by atoms with van der Waals surface area (Å²) in [5.74, 6) is 1.27. The molecule has 1 N–H and O–H groups in total. The summed E-state index contributed by atoms with van der Waals surface area (Å²) >= 11 is 0. The molecular formula is C23H27N5O. The number of nitrogens with one attached hydrogen (secondary N) is 1. The summed E-state index contributed by atoms with van der Waals surface area (Å²) in [6.07, 6.45) is 2.19. The van der Waals surface area contributed by atoms with E-state index in [0.717, 1.165) is 75.6 Å². The first-order valence-corrected chi connectivity index (χ1v) is 10.6. The maximum Gasteiger partial charge on any atom is 0.254 e. The summed E-state index contributed by atoms with van der Waals surface area (Å²) in [7, 11) is 0. The molecule has 0 unspecified atom stereocenters. The zero-order chi connectivity index (χ0) is 19.6. The summed E-state index contributed by atoms with van der Waals surface area (Å²) in [4.78, 5) is 19.3. The lowest BCUT2D eigenvalue weighted by Crippen LogP contribution is -2.46. The molecular weight excluding hydrogens is 362 g/mol. The van der Waals surface area contributed by atoms with Crippen molar-refractivity contribution in [2.75, 3.05) is 44.2 Å². The molecule has 2 aliphatic rings. The Morgan fingerprint density at radius 1 is 0.897 bits per heavy atom. The lowest BCUT2D eigenvalue weighted by molar-refractivity contribution is 0.0774. The van der Waals surface area contributed by atoms with E-state index in [-0.39, 0.29) is 5.91 Å². The Kier molecular flexibility index (Phi) is 4.94. The first-order chi connectivity index (χ1) is 14.3. The second-order valence-corrected chi connectivity index (χ2v) is 8.01. The van der Waals surface area contributed by atoms with E-state index >= 15 is 0 Å². The average molecular weight is 390 g/mol. The molecule has 3 aromatic rings. The van der Waals surface area contributed by atoms with Crippen molar-refractivity contribution in [2.45, 2.75) is 19.4 Å². The number of fused-ring (bicyclic) bond motifs is 2. The highest BCUT2D eigenvalue weighted by molar-refractivity contribution is 5.98. The number of amides is 1. The van der Waals surface area contributed by atoms with Gasteiger partial charge in [0.05, 0.1) is 5.52 Å². The number of hydrogen-bond acceptors (Lipinski definition) is 4. The van der Waals surface area contributed by atoms with Gasteiger partial charge in [-0.2, -0.15) is 5.10 Å². The molecule has 0 radical (unpaired) electrons. The smallest absolute Gasteiger partial charge is 0.254 e. The van der Waals surface area contributed by atoms with Crippen LogP contribution in [0.5, 0.6) is 0 Å². The quantitative estimate of drug-likeness (QED) is 0.658. The number of benzene rings is 2. The molecule has 29 heavy (non-hydrogen) atoms. The van der Waals surface area contributed by atoms with E-state index in [1.54, 1.807) is 0 Å². The van der Waals surface area contributed by atoms with Crippen LogP contribution in [0.1, 0.15) is 28.8 Å². The van der Waals surface area contributed by atoms with Crippen LogP contribution in [-0.4, -0.2) is 65.2 Å². The van der Waals surface area contributed by atoms with Crippen molar-refractivity contribution in [3.63, 3.8) is 0 Å². The first kappa shape index (κ1) is 18.2. The fraction of sp³-hybridized carbons (Fsp3) is 0.391. The van der Waals surface area contributed by atoms with Gasteiger partial charge in [-0.05, 0) is 43.1 Å². The van der Waals surface area contributed by atoms with Gasteiger partial charge in [0.25, 0.3) is 5.91 Å². The number of rotatable bonds is 6. The number of nitrogens with zero attached hydrogens (tertiary/aromatic N) is 4. The lowest BCUT2D eigenvalue weighted by Gasteiger charge is -2.35. The van der Waals surface area contributed by atoms with Crippen LogP contribution in [0.3, 0.4) is 0 Å². The molecule has 6 heteroatoms. The van der Waals surface area contributed by atoms with Crippen molar-refractivity contribution in [1.29, 1.82) is 0 Å². The molecule has 1 fully saturated rings. The van der Waals surface area contributed by atoms with Crippen molar-refractivity contribution in [1.82, 2.24) is 20.0 Å². The Morgan fingerprint density at radius 2 is 1.66 bits per heavy atom. The molecule has 0 bridgehead atoms. The third-order valence-corrected chi connectivity index (χ3v) is 6.17. The van der Waals surface area contributed by atoms with Crippen molar-refractivity contribution < 1.29 is 4.79 Å². The number of unbranched alkanes of at least 4 members (excludes halogenated alkanes) is 1. The molecule has 0 saturated carbocycles. The van der Waals surface area contributed by atoms with Gasteiger partial charge >= 0.3 is 0 Å². The molecule has 2 aliphatic heterocycles. The molecule has 0 atom stereocenters. The zero-order valence-electron chi connectivity index (χ0n) is 16.7. The molecule has 3 heterocycles. The topological polar surface area (TPSA) is 55.5 Å². The highest BCUT2D eigenvalue weighted by Gasteiger charge is 2.26. The fourth-order valence-corrected chi connectivity index (χ4v) is 4.51. The van der Waals surface area contributed by atoms with Crippen molar-refractivity contribution in [3.8, 4) is 0 Å². The van der Waals surface area contributed by atoms with E-state index in [4.69, 9.17) is 0 Å². The summed E-state index contributed by atoms with van der Waals surface area (Å²) in [5, 5.41) is 8.88. The van der Waals surface area contributed by atoms with E-state index in [1.807, 2.05) is 29.2 Å². The van der Waals surface area contributed by atoms with Gasteiger partial charge in [-0.15, -0.1) is 0 Å². The molecule has 0 spiro atoms. The number of hydrogen-bond donors (Lipinski definition) is 1. The Balaban J connectivity index is 1.06. The third-order valence-electron chi connectivity index (χ3n) is 6.17. The highest BCUT2D eigenvalue weighted by Crippen LogP contribution is 2.25. The minimum Gasteiger partial charge on any atom is -0.352 e. The normalized spacial score (nSPS) is 17.3. The number of aromatic amines is 1. The second-order valence-electron chi connectivity index (χ2n) is 8.01. The molecule has 6 nitrogen and oxygen atoms in total. The third kappa shape index (κ3) is 3.60. The molecule has 1 saturated heterocycles. The number of para-hydroxylation sites is 1. The SMILES string of the molecule is O=C1c2ccccc2CN1CCCCN1CCN(c2n[nH]c3ccccc23)CC1.